The molecule has 25 heavy (non-hydrogen) atoms. The fourth-order valence-electron chi connectivity index (χ4n) is 2.71. The van der Waals surface area contributed by atoms with Crippen LogP contribution >= 0.6 is 23.4 Å². The van der Waals surface area contributed by atoms with E-state index in [1.54, 1.807) is 0 Å². The van der Waals surface area contributed by atoms with E-state index in [1.165, 1.54) is 0 Å². The van der Waals surface area contributed by atoms with E-state index in [1.807, 2.05) is 61.7 Å². The van der Waals surface area contributed by atoms with Gasteiger partial charge in [0.1, 0.15) is 5.60 Å². The van der Waals surface area contributed by atoms with Crippen LogP contribution in [0.15, 0.2) is 24.3 Å². The van der Waals surface area contributed by atoms with E-state index in [-0.39, 0.29) is 18.2 Å². The van der Waals surface area contributed by atoms with Crippen molar-refractivity contribution in [3.8, 4) is 0 Å². The van der Waals surface area contributed by atoms with E-state index in [2.05, 4.69) is 6.92 Å². The smallest absolute Gasteiger partial charge is 0.410 e. The molecule has 0 unspecified atom stereocenters. The van der Waals surface area contributed by atoms with Crippen LogP contribution in [-0.4, -0.2) is 53.4 Å². The van der Waals surface area contributed by atoms with E-state index in [4.69, 9.17) is 21.1 Å². The zero-order valence-corrected chi connectivity index (χ0v) is 17.0. The van der Waals surface area contributed by atoms with Crippen molar-refractivity contribution in [3.05, 3.63) is 34.9 Å². The summed E-state index contributed by atoms with van der Waals surface area (Å²) in [5.41, 5.74) is 0.626. The maximum atomic E-state index is 12.7. The lowest BCUT2D eigenvalue weighted by Gasteiger charge is -2.40. The molecule has 1 heterocycles. The first-order valence-corrected chi connectivity index (χ1v) is 10.2. The number of nitrogens with zero attached hydrogens (tertiary/aromatic N) is 1. The number of carbonyl (C=O) groups excluding carboxylic acids is 1. The molecule has 1 aromatic rings. The number of benzene rings is 1. The Labute approximate surface area is 160 Å². The molecule has 1 fully saturated rings. The normalized spacial score (nSPS) is 21.2. The Morgan fingerprint density at radius 2 is 2.04 bits per heavy atom. The first-order valence-electron chi connectivity index (χ1n) is 8.72. The van der Waals surface area contributed by atoms with Gasteiger partial charge in [-0.25, -0.2) is 4.79 Å². The van der Waals surface area contributed by atoms with Crippen LogP contribution in [0, 0.1) is 0 Å². The van der Waals surface area contributed by atoms with E-state index in [0.717, 1.165) is 23.5 Å². The van der Waals surface area contributed by atoms with Gasteiger partial charge in [-0.15, -0.1) is 0 Å². The number of hydrogen-bond acceptors (Lipinski definition) is 4. The second kappa shape index (κ2) is 9.15. The van der Waals surface area contributed by atoms with E-state index in [0.29, 0.717) is 18.2 Å². The molecular formula is C19H28ClNO3S. The Balaban J connectivity index is 2.09. The number of ether oxygens (including phenoxy) is 2. The minimum Gasteiger partial charge on any atom is -0.444 e. The van der Waals surface area contributed by atoms with Crippen LogP contribution in [0.2, 0.25) is 5.02 Å². The van der Waals surface area contributed by atoms with Crippen LogP contribution in [0.4, 0.5) is 4.79 Å². The number of amides is 1. The minimum absolute atomic E-state index is 0.0288. The predicted molar refractivity (Wildman–Crippen MR) is 105 cm³/mol. The summed E-state index contributed by atoms with van der Waals surface area (Å²) in [5, 5.41) is 0.712. The van der Waals surface area contributed by atoms with Crippen LogP contribution in [0.1, 0.15) is 33.3 Å². The molecule has 1 aliphatic heterocycles. The highest BCUT2D eigenvalue weighted by Gasteiger charge is 2.34. The van der Waals surface area contributed by atoms with Gasteiger partial charge in [-0.05, 0) is 50.6 Å². The Kier molecular flexibility index (Phi) is 7.47. The van der Waals surface area contributed by atoms with Crippen LogP contribution in [0.5, 0.6) is 0 Å². The Morgan fingerprint density at radius 1 is 1.36 bits per heavy atom. The molecule has 1 aliphatic rings. The zero-order valence-electron chi connectivity index (χ0n) is 15.5. The first kappa shape index (κ1) is 20.4. The fourth-order valence-corrected chi connectivity index (χ4v) is 3.54. The van der Waals surface area contributed by atoms with Gasteiger partial charge in [0, 0.05) is 10.8 Å². The molecule has 0 aliphatic carbocycles. The molecule has 2 atom stereocenters. The number of thioether (sulfide) groups is 1. The molecule has 1 saturated heterocycles. The monoisotopic (exact) mass is 385 g/mol. The van der Waals surface area contributed by atoms with Crippen molar-refractivity contribution in [2.45, 2.75) is 51.9 Å². The zero-order chi connectivity index (χ0) is 18.4. The fraction of sp³-hybridized carbons (Fsp3) is 0.632. The van der Waals surface area contributed by atoms with Crippen molar-refractivity contribution in [2.24, 2.45) is 0 Å². The third kappa shape index (κ3) is 6.72. The summed E-state index contributed by atoms with van der Waals surface area (Å²) in [7, 11) is 0. The second-order valence-corrected chi connectivity index (χ2v) is 8.99. The van der Waals surface area contributed by atoms with Crippen molar-refractivity contribution in [2.75, 3.05) is 24.7 Å². The van der Waals surface area contributed by atoms with Crippen molar-refractivity contribution < 1.29 is 14.3 Å². The average Bonchev–Trinajstić information content (AvgIpc) is 2.54. The lowest BCUT2D eigenvalue weighted by atomic mass is 10.0. The molecule has 6 heteroatoms. The minimum atomic E-state index is -0.506. The standard InChI is InChI=1S/C19H28ClNO3S/c1-5-25-13-17-11-21(18(22)24-19(2,3)4)16(12-23-17)10-14-6-8-15(20)9-7-14/h6-9,16-17H,5,10-13H2,1-4H3/t16-,17+/m0/s1. The SMILES string of the molecule is CCSC[C@H]1CN(C(=O)OC(C)(C)C)[C@@H](Cc2ccc(Cl)cc2)CO1. The number of hydrogen-bond donors (Lipinski definition) is 0. The summed E-state index contributed by atoms with van der Waals surface area (Å²) in [5.74, 6) is 1.93. The Morgan fingerprint density at radius 3 is 2.64 bits per heavy atom. The molecule has 1 aromatic carbocycles. The van der Waals surface area contributed by atoms with Crippen LogP contribution < -0.4 is 0 Å². The molecule has 0 N–H and O–H groups in total. The summed E-state index contributed by atoms with van der Waals surface area (Å²) in [6.07, 6.45) is 0.518. The van der Waals surface area contributed by atoms with Crippen LogP contribution in [0.3, 0.4) is 0 Å². The summed E-state index contributed by atoms with van der Waals surface area (Å²) in [4.78, 5) is 14.5. The van der Waals surface area contributed by atoms with Crippen LogP contribution in [0.25, 0.3) is 0 Å². The molecule has 0 radical (unpaired) electrons. The quantitative estimate of drug-likeness (QED) is 0.740. The molecule has 2 rings (SSSR count). The Bertz CT molecular complexity index is 559. The van der Waals surface area contributed by atoms with Crippen molar-refractivity contribution in [1.29, 1.82) is 0 Å². The van der Waals surface area contributed by atoms with E-state index in [9.17, 15) is 4.79 Å². The molecule has 0 aromatic heterocycles. The average molecular weight is 386 g/mol. The van der Waals surface area contributed by atoms with Gasteiger partial charge in [0.05, 0.1) is 25.3 Å². The van der Waals surface area contributed by atoms with E-state index >= 15 is 0 Å². The molecular weight excluding hydrogens is 358 g/mol. The van der Waals surface area contributed by atoms with Crippen molar-refractivity contribution in [1.82, 2.24) is 4.90 Å². The molecule has 140 valence electrons. The van der Waals surface area contributed by atoms with Gasteiger partial charge in [0.25, 0.3) is 0 Å². The second-order valence-electron chi connectivity index (χ2n) is 7.23. The molecule has 1 amide bonds. The highest BCUT2D eigenvalue weighted by Crippen LogP contribution is 2.22. The summed E-state index contributed by atoms with van der Waals surface area (Å²) >= 11 is 7.79. The van der Waals surface area contributed by atoms with Crippen LogP contribution in [-0.2, 0) is 15.9 Å². The van der Waals surface area contributed by atoms with Gasteiger partial charge in [0.2, 0.25) is 0 Å². The summed E-state index contributed by atoms with van der Waals surface area (Å²) in [6.45, 7) is 8.90. The van der Waals surface area contributed by atoms with Gasteiger partial charge in [-0.2, -0.15) is 11.8 Å². The topological polar surface area (TPSA) is 38.8 Å². The van der Waals surface area contributed by atoms with Gasteiger partial charge in [0.15, 0.2) is 0 Å². The summed E-state index contributed by atoms with van der Waals surface area (Å²) < 4.78 is 11.6. The van der Waals surface area contributed by atoms with Gasteiger partial charge < -0.3 is 9.47 Å². The van der Waals surface area contributed by atoms with Crippen molar-refractivity contribution >= 4 is 29.5 Å². The molecule has 0 bridgehead atoms. The van der Waals surface area contributed by atoms with E-state index < -0.39 is 5.60 Å². The lowest BCUT2D eigenvalue weighted by molar-refractivity contribution is -0.0613. The lowest BCUT2D eigenvalue weighted by Crippen LogP contribution is -2.54. The summed E-state index contributed by atoms with van der Waals surface area (Å²) in [6, 6.07) is 7.71. The maximum absolute atomic E-state index is 12.7. The Hall–Kier alpha value is -0.910. The number of morpholine rings is 1. The van der Waals surface area contributed by atoms with Gasteiger partial charge in [-0.3, -0.25) is 4.90 Å². The maximum Gasteiger partial charge on any atom is 0.410 e. The largest absolute Gasteiger partial charge is 0.444 e. The van der Waals surface area contributed by atoms with Crippen molar-refractivity contribution in [3.63, 3.8) is 0 Å². The third-order valence-electron chi connectivity index (χ3n) is 3.89. The first-order chi connectivity index (χ1) is 11.8. The third-order valence-corrected chi connectivity index (χ3v) is 5.15. The molecule has 0 spiro atoms. The molecule has 0 saturated carbocycles. The highest BCUT2D eigenvalue weighted by atomic mass is 35.5. The van der Waals surface area contributed by atoms with Gasteiger partial charge in [-0.1, -0.05) is 30.7 Å². The number of rotatable bonds is 5. The predicted octanol–water partition coefficient (Wildman–Crippen LogP) is 4.64. The molecule has 4 nitrogen and oxygen atoms in total. The highest BCUT2D eigenvalue weighted by molar-refractivity contribution is 7.99. The number of halogens is 1. The number of carbonyl (C=O) groups is 1. The van der Waals surface area contributed by atoms with Gasteiger partial charge >= 0.3 is 6.09 Å².